The smallest absolute Gasteiger partial charge is 0.193 e. The first-order valence-electron chi connectivity index (χ1n) is 9.80. The SMILES string of the molecule is CCNC(=NCCc1nc2ccccc2[nH]1)N1CC2CCCCC2C1. The molecule has 1 aromatic carbocycles. The van der Waals surface area contributed by atoms with Gasteiger partial charge < -0.3 is 15.2 Å². The number of hydrogen-bond donors (Lipinski definition) is 2. The molecular weight excluding hydrogens is 310 g/mol. The zero-order valence-corrected chi connectivity index (χ0v) is 15.2. The molecule has 0 spiro atoms. The number of nitrogens with zero attached hydrogens (tertiary/aromatic N) is 3. The van der Waals surface area contributed by atoms with Gasteiger partial charge in [-0.1, -0.05) is 25.0 Å². The number of nitrogens with one attached hydrogen (secondary N) is 2. The molecule has 2 aromatic rings. The van der Waals surface area contributed by atoms with E-state index in [2.05, 4.69) is 39.2 Å². The summed E-state index contributed by atoms with van der Waals surface area (Å²) in [5.74, 6) is 3.88. The second-order valence-electron chi connectivity index (χ2n) is 7.40. The topological polar surface area (TPSA) is 56.3 Å². The molecule has 1 aliphatic heterocycles. The van der Waals surface area contributed by atoms with E-state index in [1.165, 1.54) is 38.8 Å². The fourth-order valence-electron chi connectivity index (χ4n) is 4.40. The molecule has 2 N–H and O–H groups in total. The third kappa shape index (κ3) is 3.65. The van der Waals surface area contributed by atoms with E-state index < -0.39 is 0 Å². The lowest BCUT2D eigenvalue weighted by molar-refractivity contribution is 0.299. The number of H-pyrrole nitrogens is 1. The zero-order valence-electron chi connectivity index (χ0n) is 15.2. The highest BCUT2D eigenvalue weighted by atomic mass is 15.3. The van der Waals surface area contributed by atoms with E-state index in [0.29, 0.717) is 0 Å². The molecule has 1 aromatic heterocycles. The van der Waals surface area contributed by atoms with Gasteiger partial charge in [-0.05, 0) is 43.7 Å². The fraction of sp³-hybridized carbons (Fsp3) is 0.600. The number of rotatable bonds is 4. The molecule has 2 heterocycles. The van der Waals surface area contributed by atoms with Gasteiger partial charge in [0.05, 0.1) is 11.0 Å². The Labute approximate surface area is 149 Å². The zero-order chi connectivity index (χ0) is 17.1. The van der Waals surface area contributed by atoms with Crippen molar-refractivity contribution in [2.45, 2.75) is 39.0 Å². The van der Waals surface area contributed by atoms with E-state index in [0.717, 1.165) is 54.2 Å². The summed E-state index contributed by atoms with van der Waals surface area (Å²) >= 11 is 0. The summed E-state index contributed by atoms with van der Waals surface area (Å²) in [6.45, 7) is 6.21. The summed E-state index contributed by atoms with van der Waals surface area (Å²) < 4.78 is 0. The third-order valence-electron chi connectivity index (χ3n) is 5.66. The van der Waals surface area contributed by atoms with Gasteiger partial charge in [-0.15, -0.1) is 0 Å². The van der Waals surface area contributed by atoms with Crippen LogP contribution in [0.15, 0.2) is 29.3 Å². The Hall–Kier alpha value is -2.04. The van der Waals surface area contributed by atoms with Crippen LogP contribution in [0.4, 0.5) is 0 Å². The van der Waals surface area contributed by atoms with Crippen molar-refractivity contribution in [3.8, 4) is 0 Å². The van der Waals surface area contributed by atoms with Crippen LogP contribution in [-0.4, -0.2) is 47.0 Å². The molecule has 1 saturated heterocycles. The van der Waals surface area contributed by atoms with Crippen molar-refractivity contribution in [1.82, 2.24) is 20.2 Å². The molecule has 5 nitrogen and oxygen atoms in total. The largest absolute Gasteiger partial charge is 0.357 e. The predicted molar refractivity (Wildman–Crippen MR) is 103 cm³/mol. The molecule has 0 amide bonds. The first-order valence-corrected chi connectivity index (χ1v) is 9.80. The van der Waals surface area contributed by atoms with Gasteiger partial charge in [-0.3, -0.25) is 4.99 Å². The van der Waals surface area contributed by atoms with E-state index in [4.69, 9.17) is 4.99 Å². The van der Waals surface area contributed by atoms with Gasteiger partial charge in [0.25, 0.3) is 0 Å². The number of aromatic amines is 1. The lowest BCUT2D eigenvalue weighted by Crippen LogP contribution is -2.40. The van der Waals surface area contributed by atoms with Crippen molar-refractivity contribution in [2.24, 2.45) is 16.8 Å². The van der Waals surface area contributed by atoms with Crippen LogP contribution >= 0.6 is 0 Å². The quantitative estimate of drug-likeness (QED) is 0.664. The van der Waals surface area contributed by atoms with Crippen LogP contribution in [-0.2, 0) is 6.42 Å². The maximum Gasteiger partial charge on any atom is 0.193 e. The van der Waals surface area contributed by atoms with Gasteiger partial charge in [0.1, 0.15) is 5.82 Å². The minimum absolute atomic E-state index is 0.772. The van der Waals surface area contributed by atoms with Crippen LogP contribution < -0.4 is 5.32 Å². The van der Waals surface area contributed by atoms with E-state index >= 15 is 0 Å². The Morgan fingerprint density at radius 2 is 2.00 bits per heavy atom. The first kappa shape index (κ1) is 16.4. The number of benzene rings is 1. The molecule has 0 radical (unpaired) electrons. The highest BCUT2D eigenvalue weighted by Crippen LogP contribution is 2.35. The lowest BCUT2D eigenvalue weighted by atomic mass is 9.82. The maximum atomic E-state index is 4.89. The highest BCUT2D eigenvalue weighted by molar-refractivity contribution is 5.80. The second-order valence-corrected chi connectivity index (χ2v) is 7.40. The first-order chi connectivity index (χ1) is 12.3. The Morgan fingerprint density at radius 3 is 2.72 bits per heavy atom. The van der Waals surface area contributed by atoms with Gasteiger partial charge >= 0.3 is 0 Å². The number of aliphatic imine (C=N–C) groups is 1. The molecule has 1 aliphatic carbocycles. The second kappa shape index (κ2) is 7.46. The summed E-state index contributed by atoms with van der Waals surface area (Å²) in [5, 5.41) is 3.49. The van der Waals surface area contributed by atoms with Crippen molar-refractivity contribution in [3.63, 3.8) is 0 Å². The minimum atomic E-state index is 0.772. The third-order valence-corrected chi connectivity index (χ3v) is 5.66. The molecule has 134 valence electrons. The number of aromatic nitrogens is 2. The highest BCUT2D eigenvalue weighted by Gasteiger charge is 2.35. The van der Waals surface area contributed by atoms with Gasteiger partial charge in [0.15, 0.2) is 5.96 Å². The van der Waals surface area contributed by atoms with E-state index in [1.807, 2.05) is 12.1 Å². The molecule has 4 rings (SSSR count). The number of guanidine groups is 1. The van der Waals surface area contributed by atoms with Crippen LogP contribution in [0.5, 0.6) is 0 Å². The Kier molecular flexibility index (Phi) is 4.90. The lowest BCUT2D eigenvalue weighted by Gasteiger charge is -2.22. The average Bonchev–Trinajstić information content (AvgIpc) is 3.24. The van der Waals surface area contributed by atoms with Gasteiger partial charge in [-0.2, -0.15) is 0 Å². The molecule has 0 bridgehead atoms. The van der Waals surface area contributed by atoms with E-state index in [9.17, 15) is 0 Å². The Bertz CT molecular complexity index is 688. The van der Waals surface area contributed by atoms with Gasteiger partial charge in [-0.25, -0.2) is 4.98 Å². The number of para-hydroxylation sites is 2. The van der Waals surface area contributed by atoms with Crippen LogP contribution in [0.1, 0.15) is 38.4 Å². The fourth-order valence-corrected chi connectivity index (χ4v) is 4.40. The standard InChI is InChI=1S/C20H29N5/c1-2-21-20(25-13-15-7-3-4-8-16(15)14-25)22-12-11-19-23-17-9-5-6-10-18(17)24-19/h5-6,9-10,15-16H,2-4,7-8,11-14H2,1H3,(H,21,22)(H,23,24). The molecule has 1 saturated carbocycles. The molecular formula is C20H29N5. The summed E-state index contributed by atoms with van der Waals surface area (Å²) in [6.07, 6.45) is 6.48. The summed E-state index contributed by atoms with van der Waals surface area (Å²) in [6, 6.07) is 8.19. The number of likely N-dealkylation sites (tertiary alicyclic amines) is 1. The average molecular weight is 339 g/mol. The number of hydrogen-bond acceptors (Lipinski definition) is 2. The van der Waals surface area contributed by atoms with Gasteiger partial charge in [0, 0.05) is 32.6 Å². The van der Waals surface area contributed by atoms with Crippen LogP contribution in [0.3, 0.4) is 0 Å². The number of fused-ring (bicyclic) bond motifs is 2. The van der Waals surface area contributed by atoms with Crippen LogP contribution in [0.25, 0.3) is 11.0 Å². The van der Waals surface area contributed by atoms with Crippen LogP contribution in [0.2, 0.25) is 0 Å². The molecule has 2 atom stereocenters. The molecule has 2 unspecified atom stereocenters. The number of imidazole rings is 1. The minimum Gasteiger partial charge on any atom is -0.357 e. The van der Waals surface area contributed by atoms with E-state index in [-0.39, 0.29) is 0 Å². The van der Waals surface area contributed by atoms with Crippen molar-refractivity contribution >= 4 is 17.0 Å². The summed E-state index contributed by atoms with van der Waals surface area (Å²) in [5.41, 5.74) is 2.15. The summed E-state index contributed by atoms with van der Waals surface area (Å²) in [4.78, 5) is 15.4. The summed E-state index contributed by atoms with van der Waals surface area (Å²) in [7, 11) is 0. The van der Waals surface area contributed by atoms with Crippen molar-refractivity contribution in [3.05, 3.63) is 30.1 Å². The van der Waals surface area contributed by atoms with Crippen molar-refractivity contribution in [2.75, 3.05) is 26.2 Å². The van der Waals surface area contributed by atoms with Crippen molar-refractivity contribution < 1.29 is 0 Å². The monoisotopic (exact) mass is 339 g/mol. The normalized spacial score (nSPS) is 23.9. The van der Waals surface area contributed by atoms with Crippen LogP contribution in [0, 0.1) is 11.8 Å². The van der Waals surface area contributed by atoms with Crippen molar-refractivity contribution in [1.29, 1.82) is 0 Å². The molecule has 5 heteroatoms. The van der Waals surface area contributed by atoms with Gasteiger partial charge in [0.2, 0.25) is 0 Å². The predicted octanol–water partition coefficient (Wildman–Crippen LogP) is 3.19. The van der Waals surface area contributed by atoms with E-state index in [1.54, 1.807) is 0 Å². The molecule has 2 aliphatic rings. The maximum absolute atomic E-state index is 4.89. The Morgan fingerprint density at radius 1 is 1.24 bits per heavy atom. The Balaban J connectivity index is 1.40. The molecule has 2 fully saturated rings. The molecule has 25 heavy (non-hydrogen) atoms.